The maximum atomic E-state index is 12.1. The van der Waals surface area contributed by atoms with Crippen LogP contribution < -0.4 is 14.8 Å². The van der Waals surface area contributed by atoms with E-state index < -0.39 is 6.10 Å². The average molecular weight is 320 g/mol. The second kappa shape index (κ2) is 7.71. The molecule has 1 unspecified atom stereocenters. The number of nitrogens with one attached hydrogen (secondary N) is 1. The lowest BCUT2D eigenvalue weighted by atomic mass is 10.2. The number of rotatable bonds is 6. The van der Waals surface area contributed by atoms with Crippen molar-refractivity contribution in [2.45, 2.75) is 19.6 Å². The van der Waals surface area contributed by atoms with E-state index in [0.29, 0.717) is 23.1 Å². The fourth-order valence-electron chi connectivity index (χ4n) is 1.90. The van der Waals surface area contributed by atoms with E-state index in [9.17, 15) is 4.79 Å². The predicted molar refractivity (Wildman–Crippen MR) is 86.4 cm³/mol. The molecule has 0 aliphatic heterocycles. The van der Waals surface area contributed by atoms with Crippen LogP contribution >= 0.6 is 11.6 Å². The van der Waals surface area contributed by atoms with Gasteiger partial charge in [0.1, 0.15) is 0 Å². The topological polar surface area (TPSA) is 47.6 Å². The SMILES string of the molecule is COc1ccccc1OC(C)C(=O)NCc1ccc(Cl)cc1. The van der Waals surface area contributed by atoms with Crippen molar-refractivity contribution in [2.24, 2.45) is 0 Å². The number of carbonyl (C=O) groups is 1. The highest BCUT2D eigenvalue weighted by Crippen LogP contribution is 2.26. The van der Waals surface area contributed by atoms with E-state index in [0.717, 1.165) is 5.56 Å². The summed E-state index contributed by atoms with van der Waals surface area (Å²) in [6, 6.07) is 14.5. The lowest BCUT2D eigenvalue weighted by Gasteiger charge is -2.16. The number of benzene rings is 2. The molecule has 5 heteroatoms. The van der Waals surface area contributed by atoms with Gasteiger partial charge in [-0.05, 0) is 36.8 Å². The molecule has 0 fully saturated rings. The van der Waals surface area contributed by atoms with E-state index >= 15 is 0 Å². The molecular weight excluding hydrogens is 302 g/mol. The maximum absolute atomic E-state index is 12.1. The van der Waals surface area contributed by atoms with Crippen LogP contribution in [0.4, 0.5) is 0 Å². The van der Waals surface area contributed by atoms with Crippen molar-refractivity contribution in [3.8, 4) is 11.5 Å². The molecular formula is C17H18ClNO3. The largest absolute Gasteiger partial charge is 0.493 e. The fourth-order valence-corrected chi connectivity index (χ4v) is 2.02. The molecule has 2 aromatic rings. The molecule has 0 saturated heterocycles. The lowest BCUT2D eigenvalue weighted by Crippen LogP contribution is -2.35. The van der Waals surface area contributed by atoms with Gasteiger partial charge in [-0.2, -0.15) is 0 Å². The highest BCUT2D eigenvalue weighted by Gasteiger charge is 2.16. The van der Waals surface area contributed by atoms with Crippen LogP contribution in [-0.2, 0) is 11.3 Å². The Bertz CT molecular complexity index is 628. The van der Waals surface area contributed by atoms with Crippen molar-refractivity contribution in [1.29, 1.82) is 0 Å². The van der Waals surface area contributed by atoms with Gasteiger partial charge in [0.15, 0.2) is 17.6 Å². The summed E-state index contributed by atoms with van der Waals surface area (Å²) >= 11 is 5.82. The number of methoxy groups -OCH3 is 1. The number of para-hydroxylation sites is 2. The Morgan fingerprint density at radius 2 is 1.77 bits per heavy atom. The van der Waals surface area contributed by atoms with E-state index in [2.05, 4.69) is 5.32 Å². The van der Waals surface area contributed by atoms with Crippen LogP contribution in [0.15, 0.2) is 48.5 Å². The van der Waals surface area contributed by atoms with Crippen LogP contribution in [0.1, 0.15) is 12.5 Å². The molecule has 0 bridgehead atoms. The maximum Gasteiger partial charge on any atom is 0.261 e. The third kappa shape index (κ3) is 4.40. The van der Waals surface area contributed by atoms with E-state index in [1.165, 1.54) is 0 Å². The third-order valence-electron chi connectivity index (χ3n) is 3.12. The van der Waals surface area contributed by atoms with Crippen molar-refractivity contribution < 1.29 is 14.3 Å². The molecule has 4 nitrogen and oxygen atoms in total. The summed E-state index contributed by atoms with van der Waals surface area (Å²) in [6.45, 7) is 2.12. The predicted octanol–water partition coefficient (Wildman–Crippen LogP) is 3.43. The van der Waals surface area contributed by atoms with E-state index in [4.69, 9.17) is 21.1 Å². The molecule has 0 spiro atoms. The van der Waals surface area contributed by atoms with E-state index in [1.54, 1.807) is 38.3 Å². The Labute approximate surface area is 135 Å². The molecule has 2 aromatic carbocycles. The number of halogens is 1. The second-order valence-corrected chi connectivity index (χ2v) is 5.19. The van der Waals surface area contributed by atoms with Crippen molar-refractivity contribution in [3.05, 3.63) is 59.1 Å². The van der Waals surface area contributed by atoms with Gasteiger partial charge in [-0.25, -0.2) is 0 Å². The van der Waals surface area contributed by atoms with Gasteiger partial charge in [-0.1, -0.05) is 35.9 Å². The molecule has 0 radical (unpaired) electrons. The summed E-state index contributed by atoms with van der Waals surface area (Å²) in [5.74, 6) is 0.944. The summed E-state index contributed by atoms with van der Waals surface area (Å²) < 4.78 is 10.8. The molecule has 0 aliphatic carbocycles. The first-order valence-electron chi connectivity index (χ1n) is 6.92. The van der Waals surface area contributed by atoms with Gasteiger partial charge in [0.05, 0.1) is 7.11 Å². The summed E-state index contributed by atoms with van der Waals surface area (Å²) in [5, 5.41) is 3.50. The van der Waals surface area contributed by atoms with Gasteiger partial charge in [0, 0.05) is 11.6 Å². The van der Waals surface area contributed by atoms with Gasteiger partial charge in [-0.15, -0.1) is 0 Å². The van der Waals surface area contributed by atoms with E-state index in [1.807, 2.05) is 24.3 Å². The Kier molecular flexibility index (Phi) is 5.67. The minimum absolute atomic E-state index is 0.194. The van der Waals surface area contributed by atoms with Gasteiger partial charge in [-0.3, -0.25) is 4.79 Å². The van der Waals surface area contributed by atoms with Crippen LogP contribution in [0.3, 0.4) is 0 Å². The van der Waals surface area contributed by atoms with Crippen LogP contribution in [0.25, 0.3) is 0 Å². The zero-order chi connectivity index (χ0) is 15.9. The first-order chi connectivity index (χ1) is 10.6. The Hall–Kier alpha value is -2.20. The summed E-state index contributed by atoms with van der Waals surface area (Å²) in [4.78, 5) is 12.1. The minimum atomic E-state index is -0.622. The standard InChI is InChI=1S/C17H18ClNO3/c1-12(22-16-6-4-3-5-15(16)21-2)17(20)19-11-13-7-9-14(18)10-8-13/h3-10,12H,11H2,1-2H3,(H,19,20). The van der Waals surface area contributed by atoms with Crippen LogP contribution in [-0.4, -0.2) is 19.1 Å². The molecule has 1 amide bonds. The number of hydrogen-bond acceptors (Lipinski definition) is 3. The lowest BCUT2D eigenvalue weighted by molar-refractivity contribution is -0.127. The molecule has 0 heterocycles. The molecule has 1 N–H and O–H groups in total. The molecule has 22 heavy (non-hydrogen) atoms. The number of ether oxygens (including phenoxy) is 2. The highest BCUT2D eigenvalue weighted by molar-refractivity contribution is 6.30. The van der Waals surface area contributed by atoms with Crippen molar-refractivity contribution in [3.63, 3.8) is 0 Å². The highest BCUT2D eigenvalue weighted by atomic mass is 35.5. The zero-order valence-corrected chi connectivity index (χ0v) is 13.3. The first-order valence-corrected chi connectivity index (χ1v) is 7.30. The fraction of sp³-hybridized carbons (Fsp3) is 0.235. The normalized spacial score (nSPS) is 11.6. The van der Waals surface area contributed by atoms with Crippen LogP contribution in [0, 0.1) is 0 Å². The summed E-state index contributed by atoms with van der Waals surface area (Å²) in [7, 11) is 1.56. The summed E-state index contributed by atoms with van der Waals surface area (Å²) in [5.41, 5.74) is 0.974. The van der Waals surface area contributed by atoms with Crippen LogP contribution in [0.2, 0.25) is 5.02 Å². The van der Waals surface area contributed by atoms with Gasteiger partial charge in [0.25, 0.3) is 5.91 Å². The molecule has 0 saturated carbocycles. The third-order valence-corrected chi connectivity index (χ3v) is 3.37. The monoisotopic (exact) mass is 319 g/mol. The van der Waals surface area contributed by atoms with Gasteiger partial charge in [0.2, 0.25) is 0 Å². The number of amides is 1. The Morgan fingerprint density at radius 1 is 1.14 bits per heavy atom. The Morgan fingerprint density at radius 3 is 2.41 bits per heavy atom. The average Bonchev–Trinajstić information content (AvgIpc) is 2.54. The zero-order valence-electron chi connectivity index (χ0n) is 12.5. The van der Waals surface area contributed by atoms with Crippen molar-refractivity contribution >= 4 is 17.5 Å². The molecule has 0 aromatic heterocycles. The van der Waals surface area contributed by atoms with E-state index in [-0.39, 0.29) is 5.91 Å². The second-order valence-electron chi connectivity index (χ2n) is 4.76. The molecule has 2 rings (SSSR count). The minimum Gasteiger partial charge on any atom is -0.493 e. The number of carbonyl (C=O) groups excluding carboxylic acids is 1. The quantitative estimate of drug-likeness (QED) is 0.887. The van der Waals surface area contributed by atoms with Gasteiger partial charge >= 0.3 is 0 Å². The Balaban J connectivity index is 1.90. The molecule has 1 atom stereocenters. The van der Waals surface area contributed by atoms with Crippen molar-refractivity contribution in [1.82, 2.24) is 5.32 Å². The molecule has 116 valence electrons. The van der Waals surface area contributed by atoms with Crippen LogP contribution in [0.5, 0.6) is 11.5 Å². The summed E-state index contributed by atoms with van der Waals surface area (Å²) in [6.07, 6.45) is -0.622. The van der Waals surface area contributed by atoms with Gasteiger partial charge < -0.3 is 14.8 Å². The smallest absolute Gasteiger partial charge is 0.261 e. The van der Waals surface area contributed by atoms with Crippen molar-refractivity contribution in [2.75, 3.05) is 7.11 Å². The first kappa shape index (κ1) is 16.2. The molecule has 0 aliphatic rings. The number of hydrogen-bond donors (Lipinski definition) is 1.